The van der Waals surface area contributed by atoms with Crippen LogP contribution < -0.4 is 5.56 Å². The van der Waals surface area contributed by atoms with E-state index in [0.29, 0.717) is 25.3 Å². The summed E-state index contributed by atoms with van der Waals surface area (Å²) in [6.07, 6.45) is 1.84. The third-order valence-corrected chi connectivity index (χ3v) is 5.04. The molecular formula is C20H25ClN4O2. The molecular weight excluding hydrogens is 364 g/mol. The summed E-state index contributed by atoms with van der Waals surface area (Å²) in [5.41, 5.74) is 1.40. The van der Waals surface area contributed by atoms with Crippen molar-refractivity contribution in [2.24, 2.45) is 0 Å². The zero-order valence-electron chi connectivity index (χ0n) is 15.6. The van der Waals surface area contributed by atoms with E-state index >= 15 is 0 Å². The maximum atomic E-state index is 12.8. The lowest BCUT2D eigenvalue weighted by Crippen LogP contribution is -2.48. The van der Waals surface area contributed by atoms with Gasteiger partial charge in [-0.15, -0.1) is 0 Å². The van der Waals surface area contributed by atoms with E-state index in [1.165, 1.54) is 22.4 Å². The number of aryl methyl sites for hydroxylation is 1. The van der Waals surface area contributed by atoms with Crippen LogP contribution in [0.15, 0.2) is 41.2 Å². The third kappa shape index (κ3) is 5.17. The summed E-state index contributed by atoms with van der Waals surface area (Å²) >= 11 is 5.93. The summed E-state index contributed by atoms with van der Waals surface area (Å²) < 4.78 is 1.40. The molecule has 0 unspecified atom stereocenters. The van der Waals surface area contributed by atoms with Gasteiger partial charge in [0.15, 0.2) is 0 Å². The van der Waals surface area contributed by atoms with Crippen molar-refractivity contribution >= 4 is 17.5 Å². The minimum absolute atomic E-state index is 0.105. The van der Waals surface area contributed by atoms with Crippen LogP contribution >= 0.6 is 11.6 Å². The van der Waals surface area contributed by atoms with Gasteiger partial charge in [0.2, 0.25) is 0 Å². The van der Waals surface area contributed by atoms with Crippen LogP contribution in [0, 0.1) is 0 Å². The molecule has 0 saturated carbocycles. The van der Waals surface area contributed by atoms with E-state index in [-0.39, 0.29) is 11.5 Å². The van der Waals surface area contributed by atoms with Crippen molar-refractivity contribution in [3.05, 3.63) is 63.0 Å². The molecule has 7 heteroatoms. The molecule has 1 amide bonds. The number of carbonyl (C=O) groups is 1. The van der Waals surface area contributed by atoms with Crippen LogP contribution in [0.25, 0.3) is 0 Å². The van der Waals surface area contributed by atoms with Crippen LogP contribution in [-0.2, 0) is 13.1 Å². The number of benzene rings is 1. The van der Waals surface area contributed by atoms with Gasteiger partial charge in [-0.1, -0.05) is 37.1 Å². The third-order valence-electron chi connectivity index (χ3n) is 4.79. The van der Waals surface area contributed by atoms with Crippen LogP contribution in [0.2, 0.25) is 5.02 Å². The first-order valence-corrected chi connectivity index (χ1v) is 9.79. The lowest BCUT2D eigenvalue weighted by Gasteiger charge is -2.34. The second kappa shape index (κ2) is 9.15. The number of aromatic nitrogens is 2. The Balaban J connectivity index is 1.58. The molecule has 0 aliphatic carbocycles. The van der Waals surface area contributed by atoms with Crippen LogP contribution in [0.1, 0.15) is 35.8 Å². The smallest absolute Gasteiger partial charge is 0.274 e. The van der Waals surface area contributed by atoms with E-state index in [1.54, 1.807) is 0 Å². The van der Waals surface area contributed by atoms with E-state index in [0.717, 1.165) is 37.5 Å². The molecule has 1 aliphatic heterocycles. The van der Waals surface area contributed by atoms with Gasteiger partial charge in [-0.05, 0) is 30.2 Å². The molecule has 3 rings (SSSR count). The number of carbonyl (C=O) groups excluding carboxylic acids is 1. The molecule has 144 valence electrons. The highest BCUT2D eigenvalue weighted by Gasteiger charge is 2.23. The Morgan fingerprint density at radius 2 is 1.78 bits per heavy atom. The first-order chi connectivity index (χ1) is 13.1. The number of rotatable bonds is 6. The molecule has 27 heavy (non-hydrogen) atoms. The summed E-state index contributed by atoms with van der Waals surface area (Å²) in [6, 6.07) is 10.8. The number of unbranched alkanes of at least 4 members (excludes halogenated alkanes) is 1. The van der Waals surface area contributed by atoms with Crippen molar-refractivity contribution in [1.82, 2.24) is 19.6 Å². The lowest BCUT2D eigenvalue weighted by atomic mass is 10.2. The minimum Gasteiger partial charge on any atom is -0.335 e. The van der Waals surface area contributed by atoms with Gasteiger partial charge in [0.1, 0.15) is 5.69 Å². The quantitative estimate of drug-likeness (QED) is 0.763. The van der Waals surface area contributed by atoms with Crippen molar-refractivity contribution < 1.29 is 4.79 Å². The second-order valence-electron chi connectivity index (χ2n) is 6.83. The number of piperazine rings is 1. The largest absolute Gasteiger partial charge is 0.335 e. The van der Waals surface area contributed by atoms with Gasteiger partial charge in [0, 0.05) is 50.4 Å². The molecule has 0 spiro atoms. The Labute approximate surface area is 164 Å². The normalized spacial score (nSPS) is 15.1. The highest BCUT2D eigenvalue weighted by Crippen LogP contribution is 2.13. The zero-order chi connectivity index (χ0) is 19.2. The number of hydrogen-bond donors (Lipinski definition) is 0. The van der Waals surface area contributed by atoms with Crippen molar-refractivity contribution in [1.29, 1.82) is 0 Å². The lowest BCUT2D eigenvalue weighted by molar-refractivity contribution is 0.0620. The molecule has 1 aromatic heterocycles. The molecule has 1 fully saturated rings. The molecule has 2 heterocycles. The molecule has 0 bridgehead atoms. The fraction of sp³-hybridized carbons (Fsp3) is 0.450. The number of hydrogen-bond acceptors (Lipinski definition) is 4. The number of nitrogens with zero attached hydrogens (tertiary/aromatic N) is 4. The van der Waals surface area contributed by atoms with E-state index < -0.39 is 0 Å². The predicted octanol–water partition coefficient (Wildman–Crippen LogP) is 2.65. The summed E-state index contributed by atoms with van der Waals surface area (Å²) in [5, 5.41) is 5.00. The van der Waals surface area contributed by atoms with Gasteiger partial charge in [-0.2, -0.15) is 5.10 Å². The van der Waals surface area contributed by atoms with Crippen molar-refractivity contribution in [2.45, 2.75) is 32.9 Å². The monoisotopic (exact) mass is 388 g/mol. The Morgan fingerprint density at radius 3 is 2.44 bits per heavy atom. The van der Waals surface area contributed by atoms with E-state index in [4.69, 9.17) is 11.6 Å². The van der Waals surface area contributed by atoms with E-state index in [1.807, 2.05) is 29.2 Å². The average molecular weight is 389 g/mol. The molecule has 0 N–H and O–H groups in total. The Morgan fingerprint density at radius 1 is 1.07 bits per heavy atom. The molecule has 0 atom stereocenters. The van der Waals surface area contributed by atoms with Gasteiger partial charge < -0.3 is 4.90 Å². The van der Waals surface area contributed by atoms with Crippen LogP contribution in [-0.4, -0.2) is 51.7 Å². The summed E-state index contributed by atoms with van der Waals surface area (Å²) in [6.45, 7) is 6.38. The van der Waals surface area contributed by atoms with Gasteiger partial charge >= 0.3 is 0 Å². The van der Waals surface area contributed by atoms with Crippen LogP contribution in [0.3, 0.4) is 0 Å². The molecule has 0 radical (unpaired) electrons. The topological polar surface area (TPSA) is 58.4 Å². The minimum atomic E-state index is -0.159. The summed E-state index contributed by atoms with van der Waals surface area (Å²) in [7, 11) is 0. The fourth-order valence-electron chi connectivity index (χ4n) is 3.15. The van der Waals surface area contributed by atoms with Crippen LogP contribution in [0.5, 0.6) is 0 Å². The summed E-state index contributed by atoms with van der Waals surface area (Å²) in [5.74, 6) is -0.105. The first-order valence-electron chi connectivity index (χ1n) is 9.41. The standard InChI is InChI=1S/C20H25ClN4O2/c1-2-3-10-25-19(26)9-8-18(22-25)20(27)24-13-11-23(12-14-24)15-16-4-6-17(21)7-5-16/h4-9H,2-3,10-15H2,1H3. The van der Waals surface area contributed by atoms with Gasteiger partial charge in [-0.3, -0.25) is 14.5 Å². The molecule has 2 aromatic rings. The molecule has 1 aliphatic rings. The number of halogens is 1. The summed E-state index contributed by atoms with van der Waals surface area (Å²) in [4.78, 5) is 28.8. The maximum Gasteiger partial charge on any atom is 0.274 e. The van der Waals surface area contributed by atoms with Crippen LogP contribution in [0.4, 0.5) is 0 Å². The average Bonchev–Trinajstić information content (AvgIpc) is 2.69. The zero-order valence-corrected chi connectivity index (χ0v) is 16.4. The van der Waals surface area contributed by atoms with Crippen molar-refractivity contribution in [2.75, 3.05) is 26.2 Å². The maximum absolute atomic E-state index is 12.8. The SMILES string of the molecule is CCCCn1nc(C(=O)N2CCN(Cc3ccc(Cl)cc3)CC2)ccc1=O. The van der Waals surface area contributed by atoms with E-state index in [2.05, 4.69) is 16.9 Å². The van der Waals surface area contributed by atoms with Gasteiger partial charge in [0.05, 0.1) is 0 Å². The highest BCUT2D eigenvalue weighted by molar-refractivity contribution is 6.30. The van der Waals surface area contributed by atoms with Crippen molar-refractivity contribution in [3.63, 3.8) is 0 Å². The van der Waals surface area contributed by atoms with E-state index in [9.17, 15) is 9.59 Å². The molecule has 6 nitrogen and oxygen atoms in total. The Bertz CT molecular complexity index is 827. The van der Waals surface area contributed by atoms with Gasteiger partial charge in [0.25, 0.3) is 11.5 Å². The predicted molar refractivity (Wildman–Crippen MR) is 106 cm³/mol. The second-order valence-corrected chi connectivity index (χ2v) is 7.26. The van der Waals surface area contributed by atoms with Crippen molar-refractivity contribution in [3.8, 4) is 0 Å². The fourth-order valence-corrected chi connectivity index (χ4v) is 3.28. The molecule has 1 saturated heterocycles. The Kier molecular flexibility index (Phi) is 6.63. The highest BCUT2D eigenvalue weighted by atomic mass is 35.5. The first kappa shape index (κ1) is 19.6. The molecule has 1 aromatic carbocycles. The van der Waals surface area contributed by atoms with Gasteiger partial charge in [-0.25, -0.2) is 4.68 Å². The Hall–Kier alpha value is -2.18. The number of amides is 1.